The van der Waals surface area contributed by atoms with E-state index >= 15 is 0 Å². The minimum absolute atomic E-state index is 0.130. The second kappa shape index (κ2) is 6.89. The van der Waals surface area contributed by atoms with Crippen molar-refractivity contribution in [1.29, 1.82) is 0 Å². The number of aliphatic hydroxyl groups is 1. The first-order valence-electron chi connectivity index (χ1n) is 6.89. The van der Waals surface area contributed by atoms with Crippen molar-refractivity contribution >= 4 is 11.4 Å². The fourth-order valence-electron chi connectivity index (χ4n) is 2.77. The molecule has 0 aliphatic heterocycles. The van der Waals surface area contributed by atoms with Crippen molar-refractivity contribution in [1.82, 2.24) is 0 Å². The highest BCUT2D eigenvalue weighted by Gasteiger charge is 2.26. The van der Waals surface area contributed by atoms with Crippen molar-refractivity contribution in [3.05, 3.63) is 17.9 Å². The van der Waals surface area contributed by atoms with Crippen molar-refractivity contribution in [2.75, 3.05) is 24.2 Å². The molecule has 0 spiro atoms. The van der Waals surface area contributed by atoms with Gasteiger partial charge in [0.05, 0.1) is 11.4 Å². The molecule has 1 aromatic carbocycles. The Morgan fingerprint density at radius 2 is 2.05 bits per heavy atom. The molecule has 0 saturated heterocycles. The van der Waals surface area contributed by atoms with Gasteiger partial charge in [0.2, 0.25) is 0 Å². The van der Waals surface area contributed by atoms with E-state index < -0.39 is 18.2 Å². The van der Waals surface area contributed by atoms with Crippen LogP contribution in [0, 0.1) is 17.7 Å². The first-order chi connectivity index (χ1) is 10.0. The number of alkyl halides is 2. The van der Waals surface area contributed by atoms with Gasteiger partial charge in [-0.15, -0.1) is 0 Å². The summed E-state index contributed by atoms with van der Waals surface area (Å²) in [5.74, 6) is -0.936. The van der Waals surface area contributed by atoms with Crippen LogP contribution in [0.1, 0.15) is 19.3 Å². The Kier molecular flexibility index (Phi) is 5.17. The number of nitrogen functional groups attached to an aromatic ring is 1. The van der Waals surface area contributed by atoms with Crippen molar-refractivity contribution in [3.8, 4) is 5.75 Å². The van der Waals surface area contributed by atoms with Crippen LogP contribution in [-0.2, 0) is 0 Å². The van der Waals surface area contributed by atoms with Crippen LogP contribution in [0.5, 0.6) is 5.75 Å². The summed E-state index contributed by atoms with van der Waals surface area (Å²) in [7, 11) is 0. The van der Waals surface area contributed by atoms with Crippen LogP contribution in [0.4, 0.5) is 24.5 Å². The van der Waals surface area contributed by atoms with Gasteiger partial charge in [-0.25, -0.2) is 4.39 Å². The van der Waals surface area contributed by atoms with Crippen LogP contribution < -0.4 is 15.8 Å². The van der Waals surface area contributed by atoms with Crippen LogP contribution in [-0.4, -0.2) is 24.9 Å². The molecule has 0 amide bonds. The number of ether oxygens (including phenoxy) is 1. The fourth-order valence-corrected chi connectivity index (χ4v) is 2.77. The number of nitrogens with two attached hydrogens (primary N) is 1. The molecule has 21 heavy (non-hydrogen) atoms. The van der Waals surface area contributed by atoms with Gasteiger partial charge >= 0.3 is 6.61 Å². The number of aliphatic hydroxyl groups excluding tert-OH is 1. The Morgan fingerprint density at radius 1 is 1.33 bits per heavy atom. The summed E-state index contributed by atoms with van der Waals surface area (Å²) in [6, 6.07) is 2.10. The zero-order valence-electron chi connectivity index (χ0n) is 11.5. The van der Waals surface area contributed by atoms with Crippen molar-refractivity contribution < 1.29 is 23.0 Å². The molecule has 2 atom stereocenters. The van der Waals surface area contributed by atoms with Gasteiger partial charge < -0.3 is 20.9 Å². The smallest absolute Gasteiger partial charge is 0.387 e. The lowest BCUT2D eigenvalue weighted by Crippen LogP contribution is -2.21. The molecule has 4 N–H and O–H groups in total. The van der Waals surface area contributed by atoms with Crippen LogP contribution >= 0.6 is 0 Å². The van der Waals surface area contributed by atoms with Crippen molar-refractivity contribution in [2.24, 2.45) is 11.8 Å². The first-order valence-corrected chi connectivity index (χ1v) is 6.89. The highest BCUT2D eigenvalue weighted by Crippen LogP contribution is 2.33. The van der Waals surface area contributed by atoms with Crippen LogP contribution in [0.3, 0.4) is 0 Å². The van der Waals surface area contributed by atoms with Gasteiger partial charge in [0, 0.05) is 25.3 Å². The Hall–Kier alpha value is -1.63. The number of hydrogen-bond acceptors (Lipinski definition) is 4. The summed E-state index contributed by atoms with van der Waals surface area (Å²) in [4.78, 5) is 0. The third kappa shape index (κ3) is 3.93. The second-order valence-corrected chi connectivity index (χ2v) is 5.26. The molecule has 118 valence electrons. The van der Waals surface area contributed by atoms with Crippen LogP contribution in [0.15, 0.2) is 12.1 Å². The predicted octanol–water partition coefficient (Wildman–Crippen LogP) is 2.83. The van der Waals surface area contributed by atoms with Gasteiger partial charge in [-0.05, 0) is 24.7 Å². The first kappa shape index (κ1) is 15.8. The van der Waals surface area contributed by atoms with Gasteiger partial charge in [-0.3, -0.25) is 0 Å². The number of halogens is 3. The molecule has 1 fully saturated rings. The highest BCUT2D eigenvalue weighted by molar-refractivity contribution is 5.68. The number of hydrogen-bond donors (Lipinski definition) is 3. The fraction of sp³-hybridized carbons (Fsp3) is 0.571. The lowest BCUT2D eigenvalue weighted by molar-refractivity contribution is -0.0521. The molecule has 0 bridgehead atoms. The van der Waals surface area contributed by atoms with E-state index in [9.17, 15) is 18.3 Å². The normalized spacial score (nSPS) is 21.8. The van der Waals surface area contributed by atoms with E-state index in [1.807, 2.05) is 0 Å². The Balaban J connectivity index is 2.05. The summed E-state index contributed by atoms with van der Waals surface area (Å²) in [5, 5.41) is 12.3. The third-order valence-corrected chi connectivity index (χ3v) is 3.93. The zero-order valence-corrected chi connectivity index (χ0v) is 11.5. The van der Waals surface area contributed by atoms with E-state index in [0.29, 0.717) is 18.2 Å². The van der Waals surface area contributed by atoms with Crippen LogP contribution in [0.25, 0.3) is 0 Å². The molecule has 7 heteroatoms. The molecule has 0 heterocycles. The minimum Gasteiger partial charge on any atom is -0.432 e. The summed E-state index contributed by atoms with van der Waals surface area (Å²) in [5.41, 5.74) is 6.17. The third-order valence-electron chi connectivity index (χ3n) is 3.93. The lowest BCUT2D eigenvalue weighted by Gasteiger charge is -2.20. The van der Waals surface area contributed by atoms with Gasteiger partial charge in [-0.2, -0.15) is 8.78 Å². The average molecular weight is 304 g/mol. The molecule has 1 aliphatic rings. The molecule has 0 aromatic heterocycles. The lowest BCUT2D eigenvalue weighted by atomic mass is 9.97. The predicted molar refractivity (Wildman–Crippen MR) is 73.9 cm³/mol. The Bertz CT molecular complexity index is 486. The highest BCUT2D eigenvalue weighted by atomic mass is 19.3. The van der Waals surface area contributed by atoms with Crippen molar-refractivity contribution in [3.63, 3.8) is 0 Å². The standard InChI is InChI=1S/C14H19F3N2O2/c15-10-4-11(18)12(5-13(10)21-14(16)17)19-6-8-2-1-3-9(8)7-20/h4-5,8-9,14,19-20H,1-3,6-7,18H2. The number of rotatable bonds is 6. The summed E-state index contributed by atoms with van der Waals surface area (Å²) in [6.07, 6.45) is 3.01. The number of benzene rings is 1. The van der Waals surface area contributed by atoms with Crippen molar-refractivity contribution in [2.45, 2.75) is 25.9 Å². The van der Waals surface area contributed by atoms with E-state index in [0.717, 1.165) is 31.4 Å². The minimum atomic E-state index is -3.09. The Labute approximate surface area is 121 Å². The number of nitrogens with one attached hydrogen (secondary N) is 1. The van der Waals surface area contributed by atoms with Gasteiger partial charge in [0.25, 0.3) is 0 Å². The summed E-state index contributed by atoms with van der Waals surface area (Å²) < 4.78 is 41.9. The van der Waals surface area contributed by atoms with E-state index in [1.165, 1.54) is 0 Å². The summed E-state index contributed by atoms with van der Waals surface area (Å²) in [6.45, 7) is -2.41. The van der Waals surface area contributed by atoms with E-state index in [2.05, 4.69) is 10.1 Å². The van der Waals surface area contributed by atoms with Crippen LogP contribution in [0.2, 0.25) is 0 Å². The molecule has 0 radical (unpaired) electrons. The molecular weight excluding hydrogens is 285 g/mol. The maximum atomic E-state index is 13.4. The molecule has 4 nitrogen and oxygen atoms in total. The quantitative estimate of drug-likeness (QED) is 0.707. The molecule has 1 aromatic rings. The van der Waals surface area contributed by atoms with E-state index in [4.69, 9.17) is 5.73 Å². The molecular formula is C14H19F3N2O2. The Morgan fingerprint density at radius 3 is 2.71 bits per heavy atom. The SMILES string of the molecule is Nc1cc(F)c(OC(F)F)cc1NCC1CCCC1CO. The average Bonchev–Trinajstić information content (AvgIpc) is 2.87. The number of anilines is 2. The van der Waals surface area contributed by atoms with E-state index in [-0.39, 0.29) is 18.2 Å². The monoisotopic (exact) mass is 304 g/mol. The largest absolute Gasteiger partial charge is 0.432 e. The van der Waals surface area contributed by atoms with E-state index in [1.54, 1.807) is 0 Å². The molecule has 2 rings (SSSR count). The topological polar surface area (TPSA) is 67.5 Å². The van der Waals surface area contributed by atoms with Gasteiger partial charge in [0.15, 0.2) is 11.6 Å². The van der Waals surface area contributed by atoms with Gasteiger partial charge in [-0.1, -0.05) is 6.42 Å². The molecule has 1 saturated carbocycles. The second-order valence-electron chi connectivity index (χ2n) is 5.26. The molecule has 2 unspecified atom stereocenters. The molecule has 1 aliphatic carbocycles. The summed E-state index contributed by atoms with van der Waals surface area (Å²) >= 11 is 0. The maximum absolute atomic E-state index is 13.4. The zero-order chi connectivity index (χ0) is 15.4. The van der Waals surface area contributed by atoms with Gasteiger partial charge in [0.1, 0.15) is 0 Å². The maximum Gasteiger partial charge on any atom is 0.387 e.